The lowest BCUT2D eigenvalue weighted by Gasteiger charge is -2.29. The molecule has 2 aliphatic rings. The van der Waals surface area contributed by atoms with Gasteiger partial charge >= 0.3 is 0 Å². The van der Waals surface area contributed by atoms with Gasteiger partial charge in [-0.3, -0.25) is 0 Å². The molecule has 0 aliphatic carbocycles. The molecule has 0 saturated carbocycles. The fraction of sp³-hybridized carbons (Fsp3) is 0.350. The summed E-state index contributed by atoms with van der Waals surface area (Å²) in [6.07, 6.45) is 3.79. The van der Waals surface area contributed by atoms with Crippen LogP contribution in [0.15, 0.2) is 36.7 Å². The fourth-order valence-electron chi connectivity index (χ4n) is 3.84. The average molecular weight is 377 g/mol. The lowest BCUT2D eigenvalue weighted by molar-refractivity contribution is 0.122. The van der Waals surface area contributed by atoms with Gasteiger partial charge in [0.25, 0.3) is 0 Å². The second-order valence-electron chi connectivity index (χ2n) is 7.21. The van der Waals surface area contributed by atoms with E-state index in [1.54, 1.807) is 0 Å². The lowest BCUT2D eigenvalue weighted by Crippen LogP contribution is -2.37. The van der Waals surface area contributed by atoms with E-state index < -0.39 is 0 Å². The standard InChI is InChI=1S/C20H23N7O/c1-25-7-6-22-20(25)27-12-16-17(13-27)23-18(14-2-4-15(21)5-3-14)24-19(16)26-8-10-28-11-9-26/h2-7H,8-13,21H2,1H3. The number of benzene rings is 1. The highest BCUT2D eigenvalue weighted by Gasteiger charge is 2.30. The second kappa shape index (κ2) is 6.79. The van der Waals surface area contributed by atoms with E-state index >= 15 is 0 Å². The minimum Gasteiger partial charge on any atom is -0.399 e. The zero-order valence-electron chi connectivity index (χ0n) is 15.9. The highest BCUT2D eigenvalue weighted by Crippen LogP contribution is 2.34. The van der Waals surface area contributed by atoms with E-state index in [-0.39, 0.29) is 0 Å². The number of aromatic nitrogens is 4. The molecule has 28 heavy (non-hydrogen) atoms. The van der Waals surface area contributed by atoms with Crippen LogP contribution in [0.1, 0.15) is 11.3 Å². The Morgan fingerprint density at radius 3 is 2.50 bits per heavy atom. The number of fused-ring (bicyclic) bond motifs is 1. The van der Waals surface area contributed by atoms with Crippen LogP contribution < -0.4 is 15.5 Å². The maximum Gasteiger partial charge on any atom is 0.205 e. The summed E-state index contributed by atoms with van der Waals surface area (Å²) in [4.78, 5) is 18.9. The van der Waals surface area contributed by atoms with Gasteiger partial charge in [0.1, 0.15) is 5.82 Å². The smallest absolute Gasteiger partial charge is 0.205 e. The van der Waals surface area contributed by atoms with Crippen molar-refractivity contribution in [3.05, 3.63) is 47.9 Å². The molecule has 2 aromatic heterocycles. The first-order valence-electron chi connectivity index (χ1n) is 9.50. The number of nitrogens with two attached hydrogens (primary N) is 1. The van der Waals surface area contributed by atoms with E-state index in [4.69, 9.17) is 20.4 Å². The van der Waals surface area contributed by atoms with Crippen LogP contribution in [0.2, 0.25) is 0 Å². The number of morpholine rings is 1. The first-order valence-corrected chi connectivity index (χ1v) is 9.50. The Kier molecular flexibility index (Phi) is 4.12. The van der Waals surface area contributed by atoms with Crippen LogP contribution >= 0.6 is 0 Å². The van der Waals surface area contributed by atoms with Gasteiger partial charge in [-0.2, -0.15) is 0 Å². The molecule has 2 N–H and O–H groups in total. The van der Waals surface area contributed by atoms with Crippen molar-refractivity contribution in [3.8, 4) is 11.4 Å². The summed E-state index contributed by atoms with van der Waals surface area (Å²) in [6, 6.07) is 7.73. The Morgan fingerprint density at radius 1 is 1.00 bits per heavy atom. The third-order valence-corrected chi connectivity index (χ3v) is 5.32. The maximum absolute atomic E-state index is 5.85. The van der Waals surface area contributed by atoms with Crippen molar-refractivity contribution >= 4 is 17.5 Å². The number of imidazole rings is 1. The Bertz CT molecular complexity index is 992. The predicted molar refractivity (Wildman–Crippen MR) is 108 cm³/mol. The van der Waals surface area contributed by atoms with Crippen molar-refractivity contribution in [1.29, 1.82) is 0 Å². The molecular weight excluding hydrogens is 354 g/mol. The predicted octanol–water partition coefficient (Wildman–Crippen LogP) is 1.82. The van der Waals surface area contributed by atoms with Gasteiger partial charge in [0.2, 0.25) is 5.95 Å². The van der Waals surface area contributed by atoms with Gasteiger partial charge < -0.3 is 24.8 Å². The number of ether oxygens (including phenoxy) is 1. The SMILES string of the molecule is Cn1ccnc1N1Cc2nc(-c3ccc(N)cc3)nc(N3CCOCC3)c2C1. The second-order valence-corrected chi connectivity index (χ2v) is 7.21. The van der Waals surface area contributed by atoms with E-state index in [1.807, 2.05) is 48.3 Å². The van der Waals surface area contributed by atoms with Crippen molar-refractivity contribution in [2.24, 2.45) is 7.05 Å². The highest BCUT2D eigenvalue weighted by molar-refractivity contribution is 5.64. The van der Waals surface area contributed by atoms with Gasteiger partial charge in [-0.05, 0) is 24.3 Å². The van der Waals surface area contributed by atoms with Crippen LogP contribution in [0, 0.1) is 0 Å². The third-order valence-electron chi connectivity index (χ3n) is 5.32. The minimum atomic E-state index is 0.721. The molecule has 144 valence electrons. The molecule has 1 aromatic carbocycles. The van der Waals surface area contributed by atoms with Crippen LogP contribution in [-0.2, 0) is 24.9 Å². The van der Waals surface area contributed by atoms with Crippen LogP contribution in [-0.4, -0.2) is 45.8 Å². The number of hydrogen-bond acceptors (Lipinski definition) is 7. The summed E-state index contributed by atoms with van der Waals surface area (Å²) in [6.45, 7) is 4.61. The van der Waals surface area contributed by atoms with Crippen LogP contribution in [0.25, 0.3) is 11.4 Å². The van der Waals surface area contributed by atoms with Crippen LogP contribution in [0.4, 0.5) is 17.5 Å². The summed E-state index contributed by atoms with van der Waals surface area (Å²) < 4.78 is 7.58. The summed E-state index contributed by atoms with van der Waals surface area (Å²) in [7, 11) is 2.01. The van der Waals surface area contributed by atoms with E-state index in [9.17, 15) is 0 Å². The molecule has 1 saturated heterocycles. The fourth-order valence-corrected chi connectivity index (χ4v) is 3.84. The van der Waals surface area contributed by atoms with Crippen molar-refractivity contribution < 1.29 is 4.74 Å². The monoisotopic (exact) mass is 377 g/mol. The molecular formula is C20H23N7O. The molecule has 4 heterocycles. The van der Waals surface area contributed by atoms with Crippen molar-refractivity contribution in [1.82, 2.24) is 19.5 Å². The Labute approximate surface area is 163 Å². The van der Waals surface area contributed by atoms with Crippen LogP contribution in [0.5, 0.6) is 0 Å². The highest BCUT2D eigenvalue weighted by atomic mass is 16.5. The summed E-state index contributed by atoms with van der Waals surface area (Å²) >= 11 is 0. The van der Waals surface area contributed by atoms with Gasteiger partial charge in [0.15, 0.2) is 5.82 Å². The molecule has 5 rings (SSSR count). The average Bonchev–Trinajstić information content (AvgIpc) is 3.34. The van der Waals surface area contributed by atoms with Crippen molar-refractivity contribution in [2.45, 2.75) is 13.1 Å². The minimum absolute atomic E-state index is 0.721. The molecule has 2 aliphatic heterocycles. The largest absolute Gasteiger partial charge is 0.399 e. The third kappa shape index (κ3) is 2.95. The number of anilines is 3. The zero-order chi connectivity index (χ0) is 19.1. The number of nitrogens with zero attached hydrogens (tertiary/aromatic N) is 6. The molecule has 8 nitrogen and oxygen atoms in total. The maximum atomic E-state index is 5.85. The summed E-state index contributed by atoms with van der Waals surface area (Å²) in [5.41, 5.74) is 9.80. The molecule has 1 fully saturated rings. The normalized spacial score (nSPS) is 16.5. The molecule has 0 unspecified atom stereocenters. The molecule has 0 amide bonds. The van der Waals surface area contributed by atoms with E-state index in [0.717, 1.165) is 73.9 Å². The Hall–Kier alpha value is -3.13. The van der Waals surface area contributed by atoms with Gasteiger partial charge in [-0.1, -0.05) is 0 Å². The van der Waals surface area contributed by atoms with E-state index in [2.05, 4.69) is 14.8 Å². The van der Waals surface area contributed by atoms with E-state index in [0.29, 0.717) is 0 Å². The van der Waals surface area contributed by atoms with Gasteiger partial charge in [0.05, 0.1) is 32.0 Å². The molecule has 0 atom stereocenters. The summed E-state index contributed by atoms with van der Waals surface area (Å²) in [5, 5.41) is 0. The number of nitrogen functional groups attached to an aromatic ring is 1. The molecule has 0 spiro atoms. The van der Waals surface area contributed by atoms with Gasteiger partial charge in [0, 0.05) is 49.3 Å². The number of hydrogen-bond donors (Lipinski definition) is 1. The number of aryl methyl sites for hydroxylation is 1. The first kappa shape index (κ1) is 17.0. The zero-order valence-corrected chi connectivity index (χ0v) is 15.9. The topological polar surface area (TPSA) is 85.3 Å². The van der Waals surface area contributed by atoms with E-state index in [1.165, 1.54) is 5.56 Å². The van der Waals surface area contributed by atoms with Gasteiger partial charge in [-0.15, -0.1) is 0 Å². The summed E-state index contributed by atoms with van der Waals surface area (Å²) in [5.74, 6) is 2.69. The quantitative estimate of drug-likeness (QED) is 0.697. The molecule has 3 aromatic rings. The first-order chi connectivity index (χ1) is 13.7. The molecule has 0 radical (unpaired) electrons. The number of rotatable bonds is 3. The van der Waals surface area contributed by atoms with Gasteiger partial charge in [-0.25, -0.2) is 15.0 Å². The Balaban J connectivity index is 1.57. The Morgan fingerprint density at radius 2 is 1.79 bits per heavy atom. The van der Waals surface area contributed by atoms with Crippen molar-refractivity contribution in [2.75, 3.05) is 41.8 Å². The molecule has 8 heteroatoms. The van der Waals surface area contributed by atoms with Crippen LogP contribution in [0.3, 0.4) is 0 Å². The van der Waals surface area contributed by atoms with Crippen molar-refractivity contribution in [3.63, 3.8) is 0 Å². The lowest BCUT2D eigenvalue weighted by atomic mass is 10.1. The molecule has 0 bridgehead atoms.